The van der Waals surface area contributed by atoms with Crippen LogP contribution in [0.1, 0.15) is 16.8 Å². The van der Waals surface area contributed by atoms with E-state index in [4.69, 9.17) is 0 Å². The van der Waals surface area contributed by atoms with Gasteiger partial charge in [0, 0.05) is 30.2 Å². The van der Waals surface area contributed by atoms with Gasteiger partial charge in [-0.25, -0.2) is 0 Å². The smallest absolute Gasteiger partial charge is 0.251 e. The van der Waals surface area contributed by atoms with Crippen molar-refractivity contribution in [2.24, 2.45) is 0 Å². The third-order valence-corrected chi connectivity index (χ3v) is 2.67. The Bertz CT molecular complexity index is 512. The van der Waals surface area contributed by atoms with Crippen molar-refractivity contribution in [3.05, 3.63) is 67.0 Å². The fourth-order valence-electron chi connectivity index (χ4n) is 1.68. The predicted octanol–water partition coefficient (Wildman–Crippen LogP) is 2.78. The predicted molar refractivity (Wildman–Crippen MR) is 72.9 cm³/mol. The van der Waals surface area contributed by atoms with Crippen molar-refractivity contribution in [3.63, 3.8) is 0 Å². The quantitative estimate of drug-likeness (QED) is 0.633. The zero-order valence-electron chi connectivity index (χ0n) is 10.2. The average Bonchev–Trinajstić information content (AvgIpc) is 2.93. The fraction of sp³-hybridized carbons (Fsp3) is 0.133. The van der Waals surface area contributed by atoms with Crippen LogP contribution in [0.2, 0.25) is 0 Å². The third kappa shape index (κ3) is 2.88. The van der Waals surface area contributed by atoms with E-state index in [1.165, 1.54) is 0 Å². The van der Waals surface area contributed by atoms with Crippen LogP contribution in [-0.4, -0.2) is 17.0 Å². The third-order valence-electron chi connectivity index (χ3n) is 2.67. The molecular weight excluding hydrogens is 224 g/mol. The maximum Gasteiger partial charge on any atom is 0.251 e. The summed E-state index contributed by atoms with van der Waals surface area (Å²) in [6, 6.07) is 11.5. The Morgan fingerprint density at radius 2 is 1.89 bits per heavy atom. The van der Waals surface area contributed by atoms with Crippen molar-refractivity contribution >= 4 is 5.91 Å². The first-order valence-corrected chi connectivity index (χ1v) is 5.94. The highest BCUT2D eigenvalue weighted by Crippen LogP contribution is 2.09. The van der Waals surface area contributed by atoms with E-state index in [9.17, 15) is 4.79 Å². The van der Waals surface area contributed by atoms with Crippen LogP contribution in [-0.2, 0) is 0 Å². The Kier molecular flexibility index (Phi) is 3.97. The zero-order valence-corrected chi connectivity index (χ0v) is 10.2. The van der Waals surface area contributed by atoms with E-state index in [0.717, 1.165) is 12.1 Å². The van der Waals surface area contributed by atoms with Crippen LogP contribution in [0.3, 0.4) is 0 Å². The minimum atomic E-state index is -0.0455. The van der Waals surface area contributed by atoms with Crippen molar-refractivity contribution in [1.29, 1.82) is 0 Å². The highest BCUT2D eigenvalue weighted by Gasteiger charge is 2.04. The van der Waals surface area contributed by atoms with Gasteiger partial charge in [0.15, 0.2) is 0 Å². The molecule has 1 N–H and O–H groups in total. The van der Waals surface area contributed by atoms with Gasteiger partial charge in [-0.3, -0.25) is 4.79 Å². The molecule has 0 spiro atoms. The summed E-state index contributed by atoms with van der Waals surface area (Å²) in [4.78, 5) is 11.8. The molecule has 0 aliphatic carbocycles. The number of nitrogens with zero attached hydrogens (tertiary/aromatic N) is 1. The van der Waals surface area contributed by atoms with Crippen molar-refractivity contribution in [3.8, 4) is 5.69 Å². The topological polar surface area (TPSA) is 34.0 Å². The molecule has 0 aliphatic heterocycles. The molecule has 0 unspecified atom stereocenters. The Balaban J connectivity index is 2.03. The minimum absolute atomic E-state index is 0.0455. The number of carbonyl (C=O) groups excluding carboxylic acids is 1. The van der Waals surface area contributed by atoms with Gasteiger partial charge < -0.3 is 9.88 Å². The summed E-state index contributed by atoms with van der Waals surface area (Å²) in [5.74, 6) is -0.0455. The van der Waals surface area contributed by atoms with E-state index in [1.807, 2.05) is 53.4 Å². The molecule has 0 atom stereocenters. The van der Waals surface area contributed by atoms with Gasteiger partial charge in [0.2, 0.25) is 0 Å². The molecule has 0 fully saturated rings. The lowest BCUT2D eigenvalue weighted by atomic mass is 10.2. The minimum Gasteiger partial charge on any atom is -0.352 e. The summed E-state index contributed by atoms with van der Waals surface area (Å²) in [5.41, 5.74) is 1.72. The highest BCUT2D eigenvalue weighted by molar-refractivity contribution is 5.94. The number of aromatic nitrogens is 1. The second-order valence-corrected chi connectivity index (χ2v) is 3.97. The first kappa shape index (κ1) is 12.2. The summed E-state index contributed by atoms with van der Waals surface area (Å²) in [5, 5.41) is 2.84. The molecule has 1 aromatic carbocycles. The van der Waals surface area contributed by atoms with Crippen LogP contribution in [0.15, 0.2) is 61.4 Å². The van der Waals surface area contributed by atoms with Crippen LogP contribution < -0.4 is 5.32 Å². The Hall–Kier alpha value is -2.29. The van der Waals surface area contributed by atoms with Gasteiger partial charge in [0.1, 0.15) is 0 Å². The molecule has 0 bridgehead atoms. The summed E-state index contributed by atoms with van der Waals surface area (Å²) >= 11 is 0. The SMILES string of the molecule is C=CCCNC(=O)c1ccc(-n2cccc2)cc1. The number of benzene rings is 1. The lowest BCUT2D eigenvalue weighted by molar-refractivity contribution is 0.0954. The van der Waals surface area contributed by atoms with Gasteiger partial charge in [-0.1, -0.05) is 6.08 Å². The maximum absolute atomic E-state index is 11.8. The van der Waals surface area contributed by atoms with Gasteiger partial charge in [-0.2, -0.15) is 0 Å². The van der Waals surface area contributed by atoms with Gasteiger partial charge in [-0.05, 0) is 42.8 Å². The number of nitrogens with one attached hydrogen (secondary N) is 1. The average molecular weight is 240 g/mol. The van der Waals surface area contributed by atoms with E-state index in [-0.39, 0.29) is 5.91 Å². The van der Waals surface area contributed by atoms with Crippen LogP contribution in [0.4, 0.5) is 0 Å². The number of amides is 1. The van der Waals surface area contributed by atoms with Crippen molar-refractivity contribution in [2.45, 2.75) is 6.42 Å². The first-order chi connectivity index (χ1) is 8.81. The molecule has 1 aromatic heterocycles. The lowest BCUT2D eigenvalue weighted by Crippen LogP contribution is -2.23. The van der Waals surface area contributed by atoms with Crippen molar-refractivity contribution in [2.75, 3.05) is 6.54 Å². The molecule has 3 heteroatoms. The standard InChI is InChI=1S/C15H16N2O/c1-2-3-10-16-15(18)13-6-8-14(9-7-13)17-11-4-5-12-17/h2,4-9,11-12H,1,3,10H2,(H,16,18). The summed E-state index contributed by atoms with van der Waals surface area (Å²) in [6.07, 6.45) is 6.51. The second-order valence-electron chi connectivity index (χ2n) is 3.97. The lowest BCUT2D eigenvalue weighted by Gasteiger charge is -2.06. The van der Waals surface area contributed by atoms with Crippen LogP contribution >= 0.6 is 0 Å². The van der Waals surface area contributed by atoms with Crippen molar-refractivity contribution in [1.82, 2.24) is 9.88 Å². The summed E-state index contributed by atoms with van der Waals surface area (Å²) in [6.45, 7) is 4.24. The molecule has 2 aromatic rings. The van der Waals surface area contributed by atoms with E-state index < -0.39 is 0 Å². The Labute approximate surface area is 107 Å². The molecular formula is C15H16N2O. The Morgan fingerprint density at radius 3 is 2.50 bits per heavy atom. The van der Waals surface area contributed by atoms with Gasteiger partial charge >= 0.3 is 0 Å². The molecule has 0 saturated carbocycles. The van der Waals surface area contributed by atoms with E-state index >= 15 is 0 Å². The van der Waals surface area contributed by atoms with E-state index in [2.05, 4.69) is 11.9 Å². The molecule has 0 aliphatic rings. The highest BCUT2D eigenvalue weighted by atomic mass is 16.1. The molecule has 0 saturated heterocycles. The normalized spacial score (nSPS) is 10.0. The number of hydrogen-bond donors (Lipinski definition) is 1. The van der Waals surface area contributed by atoms with Gasteiger partial charge in [-0.15, -0.1) is 6.58 Å². The van der Waals surface area contributed by atoms with Crippen LogP contribution in [0.25, 0.3) is 5.69 Å². The molecule has 2 rings (SSSR count). The zero-order chi connectivity index (χ0) is 12.8. The first-order valence-electron chi connectivity index (χ1n) is 5.94. The molecule has 0 radical (unpaired) electrons. The van der Waals surface area contributed by atoms with Crippen LogP contribution in [0, 0.1) is 0 Å². The fourth-order valence-corrected chi connectivity index (χ4v) is 1.68. The summed E-state index contributed by atoms with van der Waals surface area (Å²) in [7, 11) is 0. The monoisotopic (exact) mass is 240 g/mol. The van der Waals surface area contributed by atoms with Gasteiger partial charge in [0.05, 0.1) is 0 Å². The van der Waals surface area contributed by atoms with E-state index in [1.54, 1.807) is 6.08 Å². The Morgan fingerprint density at radius 1 is 1.22 bits per heavy atom. The number of rotatable bonds is 5. The molecule has 3 nitrogen and oxygen atoms in total. The molecule has 1 amide bonds. The van der Waals surface area contributed by atoms with Crippen molar-refractivity contribution < 1.29 is 4.79 Å². The summed E-state index contributed by atoms with van der Waals surface area (Å²) < 4.78 is 2.00. The number of carbonyl (C=O) groups is 1. The molecule has 1 heterocycles. The maximum atomic E-state index is 11.8. The largest absolute Gasteiger partial charge is 0.352 e. The molecule has 18 heavy (non-hydrogen) atoms. The van der Waals surface area contributed by atoms with Gasteiger partial charge in [0.25, 0.3) is 5.91 Å². The van der Waals surface area contributed by atoms with E-state index in [0.29, 0.717) is 12.1 Å². The number of hydrogen-bond acceptors (Lipinski definition) is 1. The van der Waals surface area contributed by atoms with Crippen LogP contribution in [0.5, 0.6) is 0 Å². The molecule has 92 valence electrons. The second kappa shape index (κ2) is 5.87.